The van der Waals surface area contributed by atoms with E-state index in [1.54, 1.807) is 11.0 Å². The van der Waals surface area contributed by atoms with Crippen molar-refractivity contribution in [1.29, 1.82) is 0 Å². The zero-order chi connectivity index (χ0) is 18.5. The number of rotatable bonds is 5. The lowest BCUT2D eigenvalue weighted by Crippen LogP contribution is -2.46. The molecule has 0 saturated carbocycles. The van der Waals surface area contributed by atoms with Crippen LogP contribution < -0.4 is 10.2 Å². The van der Waals surface area contributed by atoms with Crippen LogP contribution in [-0.2, 0) is 11.2 Å². The van der Waals surface area contributed by atoms with Crippen molar-refractivity contribution in [3.8, 4) is 0 Å². The van der Waals surface area contributed by atoms with Crippen molar-refractivity contribution in [3.05, 3.63) is 47.4 Å². The Morgan fingerprint density at radius 3 is 2.69 bits per heavy atom. The van der Waals surface area contributed by atoms with Crippen molar-refractivity contribution >= 4 is 23.8 Å². The molecule has 0 aliphatic carbocycles. The van der Waals surface area contributed by atoms with Gasteiger partial charge in [0.1, 0.15) is 17.8 Å². The average molecular weight is 353 g/mol. The van der Waals surface area contributed by atoms with Gasteiger partial charge in [-0.15, -0.1) is 0 Å². The highest BCUT2D eigenvalue weighted by molar-refractivity contribution is 6.04. The lowest BCUT2D eigenvalue weighted by Gasteiger charge is -2.33. The largest absolute Gasteiger partial charge is 0.353 e. The number of anilines is 2. The normalized spacial score (nSPS) is 14.2. The van der Waals surface area contributed by atoms with Gasteiger partial charge in [0, 0.05) is 37.9 Å². The summed E-state index contributed by atoms with van der Waals surface area (Å²) < 4.78 is 0. The minimum Gasteiger partial charge on any atom is -0.353 e. The summed E-state index contributed by atoms with van der Waals surface area (Å²) in [7, 11) is 0. The van der Waals surface area contributed by atoms with Gasteiger partial charge in [-0.1, -0.05) is 25.1 Å². The molecule has 7 heteroatoms. The molecule has 1 aliphatic rings. The van der Waals surface area contributed by atoms with E-state index in [0.29, 0.717) is 37.7 Å². The minimum atomic E-state index is -0.246. The van der Waals surface area contributed by atoms with Crippen LogP contribution in [0, 0.1) is 6.92 Å². The number of benzene rings is 1. The van der Waals surface area contributed by atoms with E-state index < -0.39 is 0 Å². The highest BCUT2D eigenvalue weighted by atomic mass is 16.2. The van der Waals surface area contributed by atoms with Crippen LogP contribution in [0.1, 0.15) is 28.5 Å². The van der Waals surface area contributed by atoms with Crippen LogP contribution in [0.2, 0.25) is 0 Å². The first-order valence-electron chi connectivity index (χ1n) is 8.78. The van der Waals surface area contributed by atoms with Gasteiger partial charge in [-0.25, -0.2) is 9.97 Å². The number of hydrogen-bond acceptors (Lipinski definition) is 5. The first-order valence-corrected chi connectivity index (χ1v) is 8.78. The van der Waals surface area contributed by atoms with E-state index in [1.165, 1.54) is 6.33 Å². The number of nitrogens with one attached hydrogen (secondary N) is 1. The first-order chi connectivity index (χ1) is 12.6. The summed E-state index contributed by atoms with van der Waals surface area (Å²) in [5, 5.41) is 2.99. The lowest BCUT2D eigenvalue weighted by molar-refractivity contribution is -0.118. The summed E-state index contributed by atoms with van der Waals surface area (Å²) in [6.07, 6.45) is 3.12. The van der Waals surface area contributed by atoms with Gasteiger partial charge < -0.3 is 15.1 Å². The van der Waals surface area contributed by atoms with Gasteiger partial charge in [0.15, 0.2) is 0 Å². The third-order valence-electron chi connectivity index (χ3n) is 4.65. The maximum Gasteiger partial charge on any atom is 0.274 e. The van der Waals surface area contributed by atoms with Crippen LogP contribution in [0.25, 0.3) is 0 Å². The molecule has 0 atom stereocenters. The first kappa shape index (κ1) is 17.8. The van der Waals surface area contributed by atoms with Crippen molar-refractivity contribution < 1.29 is 9.59 Å². The molecular weight excluding hydrogens is 330 g/mol. The van der Waals surface area contributed by atoms with Gasteiger partial charge in [-0.05, 0) is 24.5 Å². The standard InChI is InChI=1S/C19H23N5O2/c1-3-15-6-4-5-14(2)18(15)22-19(26)16-11-17(21-12-20-16)24-9-7-23(13-25)8-10-24/h4-6,11-13H,3,7-10H2,1-2H3,(H,22,26). The number of piperazine rings is 1. The molecule has 1 aromatic heterocycles. The number of carbonyl (C=O) groups excluding carboxylic acids is 2. The Morgan fingerprint density at radius 1 is 1.23 bits per heavy atom. The molecule has 1 N–H and O–H groups in total. The summed E-state index contributed by atoms with van der Waals surface area (Å²) in [5.41, 5.74) is 3.30. The summed E-state index contributed by atoms with van der Waals surface area (Å²) in [5.74, 6) is 0.459. The molecule has 136 valence electrons. The van der Waals surface area contributed by atoms with Crippen LogP contribution in [0.4, 0.5) is 11.5 Å². The molecule has 2 aromatic rings. The Hall–Kier alpha value is -2.96. The smallest absolute Gasteiger partial charge is 0.274 e. The zero-order valence-electron chi connectivity index (χ0n) is 15.1. The van der Waals surface area contributed by atoms with Gasteiger partial charge in [-0.2, -0.15) is 0 Å². The molecule has 2 heterocycles. The van der Waals surface area contributed by atoms with E-state index in [-0.39, 0.29) is 5.91 Å². The van der Waals surface area contributed by atoms with Gasteiger partial charge in [-0.3, -0.25) is 9.59 Å². The highest BCUT2D eigenvalue weighted by Gasteiger charge is 2.19. The summed E-state index contributed by atoms with van der Waals surface area (Å²) in [4.78, 5) is 35.7. The quantitative estimate of drug-likeness (QED) is 0.831. The molecular formula is C19H23N5O2. The highest BCUT2D eigenvalue weighted by Crippen LogP contribution is 2.22. The van der Waals surface area contributed by atoms with Crippen LogP contribution in [0.3, 0.4) is 0 Å². The number of aryl methyl sites for hydroxylation is 2. The van der Waals surface area contributed by atoms with Gasteiger partial charge in [0.05, 0.1) is 0 Å². The van der Waals surface area contributed by atoms with E-state index >= 15 is 0 Å². The van der Waals surface area contributed by atoms with Crippen LogP contribution in [0.5, 0.6) is 0 Å². The molecule has 0 spiro atoms. The van der Waals surface area contributed by atoms with Crippen LogP contribution in [0.15, 0.2) is 30.6 Å². The van der Waals surface area contributed by atoms with E-state index in [1.807, 2.05) is 25.1 Å². The third kappa shape index (κ3) is 3.82. The molecule has 0 bridgehead atoms. The molecule has 7 nitrogen and oxygen atoms in total. The third-order valence-corrected chi connectivity index (χ3v) is 4.65. The predicted molar refractivity (Wildman–Crippen MR) is 100 cm³/mol. The Morgan fingerprint density at radius 2 is 2.00 bits per heavy atom. The van der Waals surface area contributed by atoms with Crippen molar-refractivity contribution in [2.24, 2.45) is 0 Å². The van der Waals surface area contributed by atoms with E-state index in [2.05, 4.69) is 27.1 Å². The number of hydrogen-bond donors (Lipinski definition) is 1. The SMILES string of the molecule is CCc1cccc(C)c1NC(=O)c1cc(N2CCN(C=O)CC2)ncn1. The van der Waals surface area contributed by atoms with E-state index in [9.17, 15) is 9.59 Å². The molecule has 3 rings (SSSR count). The summed E-state index contributed by atoms with van der Waals surface area (Å²) in [6, 6.07) is 7.69. The van der Waals surface area contributed by atoms with E-state index in [0.717, 1.165) is 29.6 Å². The van der Waals surface area contributed by atoms with Crippen LogP contribution >= 0.6 is 0 Å². The Balaban J connectivity index is 1.76. The fourth-order valence-corrected chi connectivity index (χ4v) is 3.08. The molecule has 26 heavy (non-hydrogen) atoms. The second-order valence-electron chi connectivity index (χ2n) is 6.31. The van der Waals surface area contributed by atoms with Crippen molar-refractivity contribution in [2.75, 3.05) is 36.4 Å². The number of para-hydroxylation sites is 1. The molecule has 1 aromatic carbocycles. The van der Waals surface area contributed by atoms with Crippen LogP contribution in [-0.4, -0.2) is 53.4 Å². The van der Waals surface area contributed by atoms with Gasteiger partial charge >= 0.3 is 0 Å². The fraction of sp³-hybridized carbons (Fsp3) is 0.368. The monoisotopic (exact) mass is 353 g/mol. The molecule has 0 unspecified atom stereocenters. The number of carbonyl (C=O) groups is 2. The average Bonchev–Trinajstić information content (AvgIpc) is 2.69. The number of nitrogens with zero attached hydrogens (tertiary/aromatic N) is 4. The Bertz CT molecular complexity index is 800. The summed E-state index contributed by atoms with van der Waals surface area (Å²) >= 11 is 0. The fourth-order valence-electron chi connectivity index (χ4n) is 3.08. The Kier molecular flexibility index (Phi) is 5.46. The van der Waals surface area contributed by atoms with Gasteiger partial charge in [0.25, 0.3) is 5.91 Å². The molecule has 0 radical (unpaired) electrons. The lowest BCUT2D eigenvalue weighted by atomic mass is 10.1. The molecule has 2 amide bonds. The predicted octanol–water partition coefficient (Wildman–Crippen LogP) is 1.88. The second-order valence-corrected chi connectivity index (χ2v) is 6.31. The summed E-state index contributed by atoms with van der Waals surface area (Å²) in [6.45, 7) is 6.72. The van der Waals surface area contributed by atoms with Crippen molar-refractivity contribution in [3.63, 3.8) is 0 Å². The number of amides is 2. The van der Waals surface area contributed by atoms with Crippen molar-refractivity contribution in [1.82, 2.24) is 14.9 Å². The van der Waals surface area contributed by atoms with E-state index in [4.69, 9.17) is 0 Å². The number of aromatic nitrogens is 2. The molecule has 1 fully saturated rings. The molecule has 1 aliphatic heterocycles. The van der Waals surface area contributed by atoms with Crippen molar-refractivity contribution in [2.45, 2.75) is 20.3 Å². The molecule has 1 saturated heterocycles. The second kappa shape index (κ2) is 7.95. The minimum absolute atomic E-state index is 0.246. The zero-order valence-corrected chi connectivity index (χ0v) is 15.1. The topological polar surface area (TPSA) is 78.4 Å². The maximum absolute atomic E-state index is 12.7. The Labute approximate surface area is 153 Å². The van der Waals surface area contributed by atoms with Gasteiger partial charge in [0.2, 0.25) is 6.41 Å². The maximum atomic E-state index is 12.7.